The molecule has 2 heterocycles. The average Bonchev–Trinajstić information content (AvgIpc) is 3.11. The normalized spacial score (nSPS) is 19.6. The fourth-order valence-electron chi connectivity index (χ4n) is 2.73. The van der Waals surface area contributed by atoms with Crippen LogP contribution in [0.2, 0.25) is 0 Å². The summed E-state index contributed by atoms with van der Waals surface area (Å²) >= 11 is 0. The summed E-state index contributed by atoms with van der Waals surface area (Å²) in [6.45, 7) is 3.54. The molecule has 1 atom stereocenters. The van der Waals surface area contributed by atoms with Gasteiger partial charge in [0, 0.05) is 31.3 Å². The van der Waals surface area contributed by atoms with E-state index in [-0.39, 0.29) is 24.5 Å². The molecule has 0 aliphatic carbocycles. The zero-order valence-electron chi connectivity index (χ0n) is 12.6. The highest BCUT2D eigenvalue weighted by Gasteiger charge is 2.33. The van der Waals surface area contributed by atoms with E-state index in [1.807, 2.05) is 0 Å². The second-order valence-electron chi connectivity index (χ2n) is 5.65. The van der Waals surface area contributed by atoms with Crippen LogP contribution in [0.25, 0.3) is 0 Å². The number of likely N-dealkylation sites (tertiary alicyclic amines) is 1. The number of amides is 2. The molecule has 2 aliphatic rings. The van der Waals surface area contributed by atoms with Gasteiger partial charge in [0.1, 0.15) is 0 Å². The minimum atomic E-state index is -0.283. The molecular formula is C16H20N2O4. The third-order valence-corrected chi connectivity index (χ3v) is 4.01. The van der Waals surface area contributed by atoms with Gasteiger partial charge in [-0.3, -0.25) is 9.59 Å². The fraction of sp³-hybridized carbons (Fsp3) is 0.500. The van der Waals surface area contributed by atoms with Crippen molar-refractivity contribution in [2.24, 2.45) is 5.92 Å². The third-order valence-electron chi connectivity index (χ3n) is 4.01. The van der Waals surface area contributed by atoms with E-state index in [1.54, 1.807) is 23.1 Å². The maximum atomic E-state index is 12.3. The molecule has 3 rings (SSSR count). The lowest BCUT2D eigenvalue weighted by Crippen LogP contribution is -2.29. The van der Waals surface area contributed by atoms with Gasteiger partial charge >= 0.3 is 0 Å². The molecule has 2 aliphatic heterocycles. The van der Waals surface area contributed by atoms with Crippen LogP contribution in [-0.4, -0.2) is 36.6 Å². The summed E-state index contributed by atoms with van der Waals surface area (Å²) in [5.41, 5.74) is 0.661. The van der Waals surface area contributed by atoms with Crippen LogP contribution in [-0.2, 0) is 9.59 Å². The largest absolute Gasteiger partial charge is 0.454 e. The van der Waals surface area contributed by atoms with Crippen molar-refractivity contribution in [3.63, 3.8) is 0 Å². The van der Waals surface area contributed by atoms with Gasteiger partial charge < -0.3 is 19.7 Å². The molecule has 1 saturated heterocycles. The number of hydrogen-bond acceptors (Lipinski definition) is 4. The zero-order chi connectivity index (χ0) is 15.5. The SMILES string of the molecule is CCCCN1C[C@@H](C(=O)Nc2ccc3c(c2)OCO3)CC1=O. The second kappa shape index (κ2) is 6.25. The topological polar surface area (TPSA) is 67.9 Å². The lowest BCUT2D eigenvalue weighted by Gasteiger charge is -2.16. The predicted octanol–water partition coefficient (Wildman–Crippen LogP) is 2.00. The number of rotatable bonds is 5. The Morgan fingerprint density at radius 1 is 1.36 bits per heavy atom. The average molecular weight is 304 g/mol. The van der Waals surface area contributed by atoms with Crippen LogP contribution in [0.15, 0.2) is 18.2 Å². The number of fused-ring (bicyclic) bond motifs is 1. The summed E-state index contributed by atoms with van der Waals surface area (Å²) in [5.74, 6) is 0.977. The van der Waals surface area contributed by atoms with Crippen molar-refractivity contribution in [3.05, 3.63) is 18.2 Å². The molecular weight excluding hydrogens is 284 g/mol. The van der Waals surface area contributed by atoms with Crippen LogP contribution < -0.4 is 14.8 Å². The van der Waals surface area contributed by atoms with Gasteiger partial charge in [-0.05, 0) is 18.6 Å². The Morgan fingerprint density at radius 3 is 3.00 bits per heavy atom. The molecule has 0 unspecified atom stereocenters. The minimum Gasteiger partial charge on any atom is -0.454 e. The van der Waals surface area contributed by atoms with Crippen molar-refractivity contribution in [2.75, 3.05) is 25.2 Å². The molecule has 1 aromatic rings. The third kappa shape index (κ3) is 3.00. The van der Waals surface area contributed by atoms with E-state index in [1.165, 1.54) is 0 Å². The summed E-state index contributed by atoms with van der Waals surface area (Å²) in [4.78, 5) is 26.0. The van der Waals surface area contributed by atoms with Gasteiger partial charge in [-0.1, -0.05) is 13.3 Å². The number of carbonyl (C=O) groups is 2. The Bertz CT molecular complexity index is 588. The molecule has 22 heavy (non-hydrogen) atoms. The summed E-state index contributed by atoms with van der Waals surface area (Å²) in [6, 6.07) is 5.29. The maximum absolute atomic E-state index is 12.3. The Hall–Kier alpha value is -2.24. The van der Waals surface area contributed by atoms with Crippen molar-refractivity contribution in [1.82, 2.24) is 4.90 Å². The lowest BCUT2D eigenvalue weighted by atomic mass is 10.1. The van der Waals surface area contributed by atoms with Crippen molar-refractivity contribution >= 4 is 17.5 Å². The number of benzene rings is 1. The van der Waals surface area contributed by atoms with E-state index in [0.717, 1.165) is 19.4 Å². The van der Waals surface area contributed by atoms with Gasteiger partial charge in [-0.25, -0.2) is 0 Å². The van der Waals surface area contributed by atoms with Gasteiger partial charge in [-0.2, -0.15) is 0 Å². The van der Waals surface area contributed by atoms with Crippen LogP contribution in [0.5, 0.6) is 11.5 Å². The van der Waals surface area contributed by atoms with Crippen molar-refractivity contribution in [2.45, 2.75) is 26.2 Å². The van der Waals surface area contributed by atoms with E-state index in [0.29, 0.717) is 30.2 Å². The lowest BCUT2D eigenvalue weighted by molar-refractivity contribution is -0.128. The van der Waals surface area contributed by atoms with E-state index in [9.17, 15) is 9.59 Å². The van der Waals surface area contributed by atoms with Crippen LogP contribution in [0.1, 0.15) is 26.2 Å². The first kappa shape index (κ1) is 14.7. The second-order valence-corrected chi connectivity index (χ2v) is 5.65. The number of carbonyl (C=O) groups excluding carboxylic acids is 2. The smallest absolute Gasteiger partial charge is 0.231 e. The van der Waals surface area contributed by atoms with E-state index < -0.39 is 0 Å². The van der Waals surface area contributed by atoms with Crippen molar-refractivity contribution in [3.8, 4) is 11.5 Å². The molecule has 1 aromatic carbocycles. The Balaban J connectivity index is 1.59. The Morgan fingerprint density at radius 2 is 2.18 bits per heavy atom. The molecule has 0 bridgehead atoms. The molecule has 6 heteroatoms. The summed E-state index contributed by atoms with van der Waals surface area (Å²) in [6.07, 6.45) is 2.31. The molecule has 0 radical (unpaired) electrons. The molecule has 0 spiro atoms. The highest BCUT2D eigenvalue weighted by atomic mass is 16.7. The summed E-state index contributed by atoms with van der Waals surface area (Å²) in [7, 11) is 0. The number of nitrogens with one attached hydrogen (secondary N) is 1. The van der Waals surface area contributed by atoms with E-state index in [4.69, 9.17) is 9.47 Å². The van der Waals surface area contributed by atoms with Gasteiger partial charge in [-0.15, -0.1) is 0 Å². The van der Waals surface area contributed by atoms with E-state index in [2.05, 4.69) is 12.2 Å². The summed E-state index contributed by atoms with van der Waals surface area (Å²) < 4.78 is 10.5. The fourth-order valence-corrected chi connectivity index (χ4v) is 2.73. The predicted molar refractivity (Wildman–Crippen MR) is 80.8 cm³/mol. The van der Waals surface area contributed by atoms with Crippen LogP contribution in [0.3, 0.4) is 0 Å². The standard InChI is InChI=1S/C16H20N2O4/c1-2-3-6-18-9-11(7-15(18)19)16(20)17-12-4-5-13-14(8-12)22-10-21-13/h4-5,8,11H,2-3,6-7,9-10H2,1H3,(H,17,20)/t11-/m0/s1. The highest BCUT2D eigenvalue weighted by Crippen LogP contribution is 2.34. The van der Waals surface area contributed by atoms with Crippen LogP contribution >= 0.6 is 0 Å². The number of hydrogen-bond donors (Lipinski definition) is 1. The molecule has 1 N–H and O–H groups in total. The Labute approximate surface area is 129 Å². The first-order valence-electron chi connectivity index (χ1n) is 7.65. The van der Waals surface area contributed by atoms with Gasteiger partial charge in [0.25, 0.3) is 0 Å². The molecule has 118 valence electrons. The van der Waals surface area contributed by atoms with Crippen molar-refractivity contribution < 1.29 is 19.1 Å². The maximum Gasteiger partial charge on any atom is 0.231 e. The summed E-state index contributed by atoms with van der Waals surface area (Å²) in [5, 5.41) is 2.86. The van der Waals surface area contributed by atoms with Gasteiger partial charge in [0.2, 0.25) is 18.6 Å². The first-order valence-corrected chi connectivity index (χ1v) is 7.65. The zero-order valence-corrected chi connectivity index (χ0v) is 12.6. The molecule has 6 nitrogen and oxygen atoms in total. The highest BCUT2D eigenvalue weighted by molar-refractivity contribution is 5.97. The van der Waals surface area contributed by atoms with Crippen molar-refractivity contribution in [1.29, 1.82) is 0 Å². The number of nitrogens with zero attached hydrogens (tertiary/aromatic N) is 1. The van der Waals surface area contributed by atoms with Crippen LogP contribution in [0, 0.1) is 5.92 Å². The number of anilines is 1. The van der Waals surface area contributed by atoms with Crippen LogP contribution in [0.4, 0.5) is 5.69 Å². The van der Waals surface area contributed by atoms with Gasteiger partial charge in [0.05, 0.1) is 5.92 Å². The molecule has 0 aromatic heterocycles. The number of ether oxygens (including phenoxy) is 2. The Kier molecular flexibility index (Phi) is 4.18. The first-order chi connectivity index (χ1) is 10.7. The minimum absolute atomic E-state index is 0.0688. The van der Waals surface area contributed by atoms with E-state index >= 15 is 0 Å². The quantitative estimate of drug-likeness (QED) is 0.903. The number of unbranched alkanes of at least 4 members (excludes halogenated alkanes) is 1. The molecule has 1 fully saturated rings. The van der Waals surface area contributed by atoms with Gasteiger partial charge in [0.15, 0.2) is 11.5 Å². The molecule has 0 saturated carbocycles. The molecule has 2 amide bonds. The monoisotopic (exact) mass is 304 g/mol.